The molecule has 4 heteroatoms. The van der Waals surface area contributed by atoms with Crippen LogP contribution in [0.2, 0.25) is 0 Å². The monoisotopic (exact) mass is 277 g/mol. The van der Waals surface area contributed by atoms with Gasteiger partial charge >= 0.3 is 5.97 Å². The second-order valence-electron chi connectivity index (χ2n) is 5.55. The summed E-state index contributed by atoms with van der Waals surface area (Å²) in [6.45, 7) is 4.12. The van der Waals surface area contributed by atoms with Gasteiger partial charge in [0.1, 0.15) is 5.75 Å². The summed E-state index contributed by atoms with van der Waals surface area (Å²) in [5, 5.41) is 8.70. The van der Waals surface area contributed by atoms with Crippen molar-refractivity contribution in [2.24, 2.45) is 0 Å². The molecule has 0 aliphatic carbocycles. The van der Waals surface area contributed by atoms with Crippen LogP contribution < -0.4 is 4.74 Å². The molecule has 0 amide bonds. The van der Waals surface area contributed by atoms with Crippen LogP contribution in [-0.4, -0.2) is 42.2 Å². The molecule has 0 unspecified atom stereocenters. The molecule has 0 spiro atoms. The molecule has 2 atom stereocenters. The van der Waals surface area contributed by atoms with Gasteiger partial charge in [0, 0.05) is 19.0 Å². The quantitative estimate of drug-likeness (QED) is 0.868. The fourth-order valence-corrected chi connectivity index (χ4v) is 2.96. The Labute approximate surface area is 120 Å². The van der Waals surface area contributed by atoms with Crippen molar-refractivity contribution < 1.29 is 14.6 Å². The summed E-state index contributed by atoms with van der Waals surface area (Å²) in [5.41, 5.74) is 1.35. The van der Waals surface area contributed by atoms with Gasteiger partial charge in [0.2, 0.25) is 0 Å². The van der Waals surface area contributed by atoms with Gasteiger partial charge in [-0.05, 0) is 49.9 Å². The van der Waals surface area contributed by atoms with E-state index in [0.717, 1.165) is 31.7 Å². The van der Waals surface area contributed by atoms with Crippen LogP contribution in [0.3, 0.4) is 0 Å². The van der Waals surface area contributed by atoms with Crippen molar-refractivity contribution in [1.82, 2.24) is 4.90 Å². The number of benzene rings is 1. The molecule has 0 saturated carbocycles. The van der Waals surface area contributed by atoms with E-state index in [1.54, 1.807) is 7.11 Å². The van der Waals surface area contributed by atoms with Gasteiger partial charge in [-0.3, -0.25) is 4.79 Å². The number of aliphatic carboxylic acids is 1. The Balaban J connectivity index is 1.90. The number of methoxy groups -OCH3 is 1. The number of carboxylic acids is 1. The van der Waals surface area contributed by atoms with E-state index in [2.05, 4.69) is 24.0 Å². The Bertz CT molecular complexity index is 444. The van der Waals surface area contributed by atoms with Crippen molar-refractivity contribution >= 4 is 5.97 Å². The van der Waals surface area contributed by atoms with Gasteiger partial charge in [0.15, 0.2) is 0 Å². The molecular formula is C16H23NO3. The summed E-state index contributed by atoms with van der Waals surface area (Å²) in [7, 11) is 1.68. The standard InChI is InChI=1S/C16H23NO3/c1-12-10-14(11-17(12)9-3-4-16(18)19)13-5-7-15(20-2)8-6-13/h5-8,12,14H,3-4,9-11H2,1-2H3,(H,18,19)/t12-,14-/m0/s1. The van der Waals surface area contributed by atoms with Crippen LogP contribution in [-0.2, 0) is 4.79 Å². The molecule has 1 heterocycles. The number of rotatable bonds is 6. The lowest BCUT2D eigenvalue weighted by Gasteiger charge is -2.20. The summed E-state index contributed by atoms with van der Waals surface area (Å²) < 4.78 is 5.18. The SMILES string of the molecule is COc1ccc([C@H]2C[C@H](C)N(CCCC(=O)O)C2)cc1. The molecule has 2 rings (SSSR count). The van der Waals surface area contributed by atoms with Crippen molar-refractivity contribution in [2.75, 3.05) is 20.2 Å². The highest BCUT2D eigenvalue weighted by molar-refractivity contribution is 5.66. The van der Waals surface area contributed by atoms with Crippen molar-refractivity contribution in [3.8, 4) is 5.75 Å². The Morgan fingerprint density at radius 2 is 2.10 bits per heavy atom. The predicted octanol–water partition coefficient (Wildman–Crippen LogP) is 2.74. The van der Waals surface area contributed by atoms with E-state index >= 15 is 0 Å². The second-order valence-corrected chi connectivity index (χ2v) is 5.55. The van der Waals surface area contributed by atoms with Crippen molar-refractivity contribution in [2.45, 2.75) is 38.1 Å². The lowest BCUT2D eigenvalue weighted by molar-refractivity contribution is -0.137. The smallest absolute Gasteiger partial charge is 0.303 e. The highest BCUT2D eigenvalue weighted by Crippen LogP contribution is 2.32. The fraction of sp³-hybridized carbons (Fsp3) is 0.562. The van der Waals surface area contributed by atoms with Crippen LogP contribution in [0, 0.1) is 0 Å². The van der Waals surface area contributed by atoms with Crippen molar-refractivity contribution in [3.63, 3.8) is 0 Å². The third-order valence-corrected chi connectivity index (χ3v) is 4.13. The Hall–Kier alpha value is -1.55. The number of hydrogen-bond donors (Lipinski definition) is 1. The molecule has 0 aromatic heterocycles. The van der Waals surface area contributed by atoms with E-state index in [0.29, 0.717) is 12.0 Å². The maximum atomic E-state index is 10.6. The zero-order valence-corrected chi connectivity index (χ0v) is 12.2. The first-order valence-electron chi connectivity index (χ1n) is 7.20. The number of likely N-dealkylation sites (tertiary alicyclic amines) is 1. The van der Waals surface area contributed by atoms with E-state index in [1.165, 1.54) is 5.56 Å². The van der Waals surface area contributed by atoms with Crippen molar-refractivity contribution in [1.29, 1.82) is 0 Å². The normalized spacial score (nSPS) is 22.9. The van der Waals surface area contributed by atoms with E-state index in [9.17, 15) is 4.79 Å². The van der Waals surface area contributed by atoms with E-state index in [1.807, 2.05) is 12.1 Å². The highest BCUT2D eigenvalue weighted by atomic mass is 16.5. The molecule has 20 heavy (non-hydrogen) atoms. The first-order valence-corrected chi connectivity index (χ1v) is 7.20. The highest BCUT2D eigenvalue weighted by Gasteiger charge is 2.29. The zero-order valence-electron chi connectivity index (χ0n) is 12.2. The van der Waals surface area contributed by atoms with Gasteiger partial charge in [0.25, 0.3) is 0 Å². The Kier molecular flexibility index (Phi) is 5.01. The van der Waals surface area contributed by atoms with Gasteiger partial charge in [0.05, 0.1) is 7.11 Å². The molecule has 1 saturated heterocycles. The molecule has 1 aliphatic rings. The Morgan fingerprint density at radius 1 is 1.40 bits per heavy atom. The van der Waals surface area contributed by atoms with Crippen molar-refractivity contribution in [3.05, 3.63) is 29.8 Å². The topological polar surface area (TPSA) is 49.8 Å². The summed E-state index contributed by atoms with van der Waals surface area (Å²) in [6.07, 6.45) is 2.13. The fourth-order valence-electron chi connectivity index (χ4n) is 2.96. The van der Waals surface area contributed by atoms with E-state index < -0.39 is 5.97 Å². The van der Waals surface area contributed by atoms with Crippen LogP contribution in [0.15, 0.2) is 24.3 Å². The summed E-state index contributed by atoms with van der Waals surface area (Å²) in [6, 6.07) is 8.81. The number of nitrogens with zero attached hydrogens (tertiary/aromatic N) is 1. The number of carbonyl (C=O) groups is 1. The van der Waals surface area contributed by atoms with E-state index in [-0.39, 0.29) is 6.42 Å². The largest absolute Gasteiger partial charge is 0.497 e. The van der Waals surface area contributed by atoms with Gasteiger partial charge < -0.3 is 14.7 Å². The molecule has 4 nitrogen and oxygen atoms in total. The van der Waals surface area contributed by atoms with Crippen LogP contribution in [0.5, 0.6) is 5.75 Å². The van der Waals surface area contributed by atoms with Crippen LogP contribution in [0.25, 0.3) is 0 Å². The minimum Gasteiger partial charge on any atom is -0.497 e. The molecule has 0 radical (unpaired) electrons. The molecule has 0 bridgehead atoms. The molecule has 110 valence electrons. The predicted molar refractivity (Wildman–Crippen MR) is 78.3 cm³/mol. The third kappa shape index (κ3) is 3.73. The third-order valence-electron chi connectivity index (χ3n) is 4.13. The minimum atomic E-state index is -0.705. The second kappa shape index (κ2) is 6.75. The van der Waals surface area contributed by atoms with Crippen LogP contribution >= 0.6 is 0 Å². The average Bonchev–Trinajstić information content (AvgIpc) is 2.80. The average molecular weight is 277 g/mol. The van der Waals surface area contributed by atoms with Crippen LogP contribution in [0.1, 0.15) is 37.7 Å². The number of ether oxygens (including phenoxy) is 1. The lowest BCUT2D eigenvalue weighted by atomic mass is 9.97. The molecule has 1 aliphatic heterocycles. The van der Waals surface area contributed by atoms with Gasteiger partial charge in [-0.25, -0.2) is 0 Å². The maximum absolute atomic E-state index is 10.6. The summed E-state index contributed by atoms with van der Waals surface area (Å²) in [5.74, 6) is 0.724. The number of carboxylic acid groups (broad SMARTS) is 1. The molecule has 1 fully saturated rings. The first-order chi connectivity index (χ1) is 9.60. The minimum absolute atomic E-state index is 0.260. The zero-order chi connectivity index (χ0) is 14.5. The first kappa shape index (κ1) is 14.9. The summed E-state index contributed by atoms with van der Waals surface area (Å²) in [4.78, 5) is 13.0. The van der Waals surface area contributed by atoms with Gasteiger partial charge in [-0.1, -0.05) is 12.1 Å². The molecule has 1 aromatic carbocycles. The molecular weight excluding hydrogens is 254 g/mol. The van der Waals surface area contributed by atoms with Crippen LogP contribution in [0.4, 0.5) is 0 Å². The van der Waals surface area contributed by atoms with Gasteiger partial charge in [-0.2, -0.15) is 0 Å². The maximum Gasteiger partial charge on any atom is 0.303 e. The lowest BCUT2D eigenvalue weighted by Crippen LogP contribution is -2.28. The van der Waals surface area contributed by atoms with E-state index in [4.69, 9.17) is 9.84 Å². The summed E-state index contributed by atoms with van der Waals surface area (Å²) >= 11 is 0. The number of hydrogen-bond acceptors (Lipinski definition) is 3. The van der Waals surface area contributed by atoms with Gasteiger partial charge in [-0.15, -0.1) is 0 Å². The Morgan fingerprint density at radius 3 is 2.70 bits per heavy atom. The molecule has 1 N–H and O–H groups in total. The molecule has 1 aromatic rings.